The number of hydrogen-bond donors (Lipinski definition) is 1. The van der Waals surface area contributed by atoms with Gasteiger partial charge >= 0.3 is 0 Å². The van der Waals surface area contributed by atoms with Gasteiger partial charge in [0.1, 0.15) is 11.4 Å². The molecule has 7 heteroatoms. The molecule has 2 aromatic carbocycles. The highest BCUT2D eigenvalue weighted by Gasteiger charge is 2.26. The zero-order valence-electron chi connectivity index (χ0n) is 17.0. The minimum Gasteiger partial charge on any atom is -0.497 e. The molecule has 30 heavy (non-hydrogen) atoms. The van der Waals surface area contributed by atoms with E-state index in [1.807, 2.05) is 58.2 Å². The van der Waals surface area contributed by atoms with Crippen molar-refractivity contribution in [2.24, 2.45) is 5.73 Å². The number of rotatable bonds is 5. The van der Waals surface area contributed by atoms with E-state index in [2.05, 4.69) is 12.1 Å². The number of nitrogens with zero attached hydrogens (tertiary/aromatic N) is 3. The second kappa shape index (κ2) is 9.78. The molecule has 0 spiro atoms. The van der Waals surface area contributed by atoms with Gasteiger partial charge in [0.15, 0.2) is 0 Å². The Hall–Kier alpha value is -2.83. The maximum absolute atomic E-state index is 13.3. The fourth-order valence-corrected chi connectivity index (χ4v) is 3.69. The molecular weight excluding hydrogens is 400 g/mol. The predicted octanol–water partition coefficient (Wildman–Crippen LogP) is 3.59. The molecule has 0 atom stereocenters. The minimum atomic E-state index is 0. The van der Waals surface area contributed by atoms with Crippen molar-refractivity contribution in [1.29, 1.82) is 0 Å². The third-order valence-corrected chi connectivity index (χ3v) is 5.35. The van der Waals surface area contributed by atoms with Crippen LogP contribution in [0.25, 0.3) is 11.3 Å². The van der Waals surface area contributed by atoms with Gasteiger partial charge in [0.05, 0.1) is 19.2 Å². The highest BCUT2D eigenvalue weighted by molar-refractivity contribution is 6.00. The van der Waals surface area contributed by atoms with Crippen LogP contribution in [0.4, 0.5) is 0 Å². The first kappa shape index (κ1) is 21.9. The highest BCUT2D eigenvalue weighted by atomic mass is 35.5. The summed E-state index contributed by atoms with van der Waals surface area (Å²) < 4.78 is 7.20. The Kier molecular flexibility index (Phi) is 7.13. The molecule has 6 nitrogen and oxygen atoms in total. The summed E-state index contributed by atoms with van der Waals surface area (Å²) in [6, 6.07) is 18.0. The molecule has 1 aliphatic rings. The largest absolute Gasteiger partial charge is 0.497 e. The second-order valence-electron chi connectivity index (χ2n) is 7.44. The molecule has 0 saturated carbocycles. The average molecular weight is 427 g/mol. The molecule has 1 amide bonds. The monoisotopic (exact) mass is 426 g/mol. The van der Waals surface area contributed by atoms with Crippen molar-refractivity contribution in [2.45, 2.75) is 25.4 Å². The Labute approximate surface area is 183 Å². The first-order valence-corrected chi connectivity index (χ1v) is 9.94. The SMILES string of the molecule is COc1cccc(-c2nn(Cc3ccccc3)cc2C(=O)N2CCC(N)CC2)c1.Cl. The summed E-state index contributed by atoms with van der Waals surface area (Å²) >= 11 is 0. The van der Waals surface area contributed by atoms with Gasteiger partial charge in [-0.1, -0.05) is 42.5 Å². The summed E-state index contributed by atoms with van der Waals surface area (Å²) in [5, 5.41) is 4.77. The van der Waals surface area contributed by atoms with Crippen LogP contribution in [0.3, 0.4) is 0 Å². The van der Waals surface area contributed by atoms with Crippen molar-refractivity contribution in [3.63, 3.8) is 0 Å². The smallest absolute Gasteiger partial charge is 0.257 e. The second-order valence-corrected chi connectivity index (χ2v) is 7.44. The lowest BCUT2D eigenvalue weighted by Gasteiger charge is -2.30. The van der Waals surface area contributed by atoms with Crippen molar-refractivity contribution >= 4 is 18.3 Å². The van der Waals surface area contributed by atoms with Crippen LogP contribution < -0.4 is 10.5 Å². The Morgan fingerprint density at radius 3 is 2.57 bits per heavy atom. The summed E-state index contributed by atoms with van der Waals surface area (Å²) in [6.45, 7) is 1.97. The standard InChI is InChI=1S/C23H26N4O2.ClH/c1-29-20-9-5-8-18(14-20)22-21(23(28)26-12-10-19(24)11-13-26)16-27(25-22)15-17-6-3-2-4-7-17;/h2-9,14,16,19H,10-13,15,24H2,1H3;1H. The number of methoxy groups -OCH3 is 1. The average Bonchev–Trinajstić information content (AvgIpc) is 3.18. The molecule has 0 aliphatic carbocycles. The van der Waals surface area contributed by atoms with E-state index in [-0.39, 0.29) is 24.4 Å². The molecule has 1 aliphatic heterocycles. The van der Waals surface area contributed by atoms with Crippen LogP contribution in [0.1, 0.15) is 28.8 Å². The minimum absolute atomic E-state index is 0. The number of amides is 1. The van der Waals surface area contributed by atoms with Gasteiger partial charge in [-0.2, -0.15) is 5.10 Å². The molecule has 4 rings (SSSR count). The van der Waals surface area contributed by atoms with E-state index >= 15 is 0 Å². The van der Waals surface area contributed by atoms with Crippen LogP contribution in [0.15, 0.2) is 60.8 Å². The lowest BCUT2D eigenvalue weighted by molar-refractivity contribution is 0.0715. The van der Waals surface area contributed by atoms with Gasteiger partial charge in [-0.25, -0.2) is 0 Å². The molecule has 3 aromatic rings. The van der Waals surface area contributed by atoms with Crippen LogP contribution in [0.2, 0.25) is 0 Å². The first-order chi connectivity index (χ1) is 14.1. The van der Waals surface area contributed by atoms with Crippen LogP contribution in [-0.4, -0.2) is 46.8 Å². The molecule has 2 N–H and O–H groups in total. The summed E-state index contributed by atoms with van der Waals surface area (Å²) in [5.41, 5.74) is 9.31. The van der Waals surface area contributed by atoms with Crippen molar-refractivity contribution in [3.8, 4) is 17.0 Å². The van der Waals surface area contributed by atoms with Crippen molar-refractivity contribution in [3.05, 3.63) is 71.9 Å². The van der Waals surface area contributed by atoms with Gasteiger partial charge in [0.2, 0.25) is 0 Å². The molecule has 0 unspecified atom stereocenters. The van der Waals surface area contributed by atoms with Crippen LogP contribution in [-0.2, 0) is 6.54 Å². The number of piperidine rings is 1. The van der Waals surface area contributed by atoms with Crippen LogP contribution >= 0.6 is 12.4 Å². The topological polar surface area (TPSA) is 73.4 Å². The quantitative estimate of drug-likeness (QED) is 0.676. The van der Waals surface area contributed by atoms with E-state index in [1.165, 1.54) is 0 Å². The maximum Gasteiger partial charge on any atom is 0.257 e. The molecule has 2 heterocycles. The van der Waals surface area contributed by atoms with Crippen molar-refractivity contribution in [1.82, 2.24) is 14.7 Å². The van der Waals surface area contributed by atoms with Gasteiger partial charge in [0, 0.05) is 30.9 Å². The summed E-state index contributed by atoms with van der Waals surface area (Å²) in [7, 11) is 1.64. The predicted molar refractivity (Wildman–Crippen MR) is 120 cm³/mol. The van der Waals surface area contributed by atoms with E-state index in [1.54, 1.807) is 7.11 Å². The number of benzene rings is 2. The zero-order chi connectivity index (χ0) is 20.2. The Balaban J connectivity index is 0.00000256. The van der Waals surface area contributed by atoms with Gasteiger partial charge in [-0.05, 0) is 30.5 Å². The molecule has 1 aromatic heterocycles. The molecule has 1 saturated heterocycles. The summed E-state index contributed by atoms with van der Waals surface area (Å²) in [6.07, 6.45) is 3.52. The fraction of sp³-hybridized carbons (Fsp3) is 0.304. The molecule has 0 bridgehead atoms. The Morgan fingerprint density at radius 2 is 1.87 bits per heavy atom. The molecule has 158 valence electrons. The van der Waals surface area contributed by atoms with Crippen LogP contribution in [0.5, 0.6) is 5.75 Å². The van der Waals surface area contributed by atoms with E-state index in [4.69, 9.17) is 15.6 Å². The van der Waals surface area contributed by atoms with E-state index in [0.717, 1.165) is 29.7 Å². The zero-order valence-corrected chi connectivity index (χ0v) is 17.8. The Morgan fingerprint density at radius 1 is 1.13 bits per heavy atom. The Bertz CT molecular complexity index is 982. The molecular formula is C23H27ClN4O2. The number of carbonyl (C=O) groups is 1. The first-order valence-electron chi connectivity index (χ1n) is 9.94. The lowest BCUT2D eigenvalue weighted by atomic mass is 10.0. The van der Waals surface area contributed by atoms with E-state index in [0.29, 0.717) is 30.9 Å². The van der Waals surface area contributed by atoms with E-state index in [9.17, 15) is 4.79 Å². The molecule has 0 radical (unpaired) electrons. The summed E-state index contributed by atoms with van der Waals surface area (Å²) in [5.74, 6) is 0.747. The number of ether oxygens (including phenoxy) is 1. The third kappa shape index (κ3) is 4.83. The molecule has 1 fully saturated rings. The van der Waals surface area contributed by atoms with Gasteiger partial charge in [-0.3, -0.25) is 9.48 Å². The summed E-state index contributed by atoms with van der Waals surface area (Å²) in [4.78, 5) is 15.2. The highest BCUT2D eigenvalue weighted by Crippen LogP contribution is 2.27. The number of halogens is 1. The number of likely N-dealkylation sites (tertiary alicyclic amines) is 1. The van der Waals surface area contributed by atoms with Gasteiger partial charge in [-0.15, -0.1) is 12.4 Å². The number of aromatic nitrogens is 2. The number of hydrogen-bond acceptors (Lipinski definition) is 4. The van der Waals surface area contributed by atoms with Crippen molar-refractivity contribution in [2.75, 3.05) is 20.2 Å². The van der Waals surface area contributed by atoms with Crippen LogP contribution in [0, 0.1) is 0 Å². The van der Waals surface area contributed by atoms with Crippen molar-refractivity contribution < 1.29 is 9.53 Å². The number of carbonyl (C=O) groups excluding carboxylic acids is 1. The van der Waals surface area contributed by atoms with Gasteiger partial charge < -0.3 is 15.4 Å². The normalized spacial score (nSPS) is 14.3. The fourth-order valence-electron chi connectivity index (χ4n) is 3.69. The van der Waals surface area contributed by atoms with E-state index < -0.39 is 0 Å². The third-order valence-electron chi connectivity index (χ3n) is 5.35. The van der Waals surface area contributed by atoms with Gasteiger partial charge in [0.25, 0.3) is 5.91 Å². The lowest BCUT2D eigenvalue weighted by Crippen LogP contribution is -2.42. The maximum atomic E-state index is 13.3. The number of nitrogens with two attached hydrogens (primary N) is 1.